The fourth-order valence-corrected chi connectivity index (χ4v) is 5.37. The quantitative estimate of drug-likeness (QED) is 0.854. The highest BCUT2D eigenvalue weighted by Crippen LogP contribution is 2.37. The van der Waals surface area contributed by atoms with Crippen LogP contribution in [0.15, 0.2) is 47.4 Å². The molecule has 1 aliphatic heterocycles. The highest BCUT2D eigenvalue weighted by Gasteiger charge is 2.35. The van der Waals surface area contributed by atoms with Crippen molar-refractivity contribution in [2.45, 2.75) is 44.0 Å². The van der Waals surface area contributed by atoms with Crippen molar-refractivity contribution >= 4 is 15.7 Å². The average Bonchev–Trinajstić information content (AvgIpc) is 2.60. The van der Waals surface area contributed by atoms with E-state index in [1.165, 1.54) is 6.07 Å². The van der Waals surface area contributed by atoms with Crippen LogP contribution >= 0.6 is 0 Å². The highest BCUT2D eigenvalue weighted by molar-refractivity contribution is 7.93. The molecule has 0 unspecified atom stereocenters. The number of nitrogens with zero attached hydrogens (tertiary/aromatic N) is 2. The fraction of sp³-hybridized carbons (Fsp3) is 0.316. The number of hydrogen-bond donors (Lipinski definition) is 0. The monoisotopic (exact) mass is 340 g/mol. The van der Waals surface area contributed by atoms with Crippen LogP contribution < -0.4 is 4.31 Å². The van der Waals surface area contributed by atoms with Crippen molar-refractivity contribution in [3.05, 3.63) is 59.2 Å². The number of benzene rings is 2. The summed E-state index contributed by atoms with van der Waals surface area (Å²) in [6, 6.07) is 14.5. The Balaban J connectivity index is 2.20. The number of fused-ring (bicyclic) bond motifs is 1. The Bertz CT molecular complexity index is 913. The lowest BCUT2D eigenvalue weighted by Crippen LogP contribution is -2.43. The van der Waals surface area contributed by atoms with Gasteiger partial charge in [0.25, 0.3) is 10.0 Å². The molecule has 0 N–H and O–H groups in total. The molecule has 5 heteroatoms. The first-order valence-electron chi connectivity index (χ1n) is 8.12. The van der Waals surface area contributed by atoms with Crippen LogP contribution in [0, 0.1) is 18.3 Å². The van der Waals surface area contributed by atoms with Crippen molar-refractivity contribution in [3.8, 4) is 6.07 Å². The minimum Gasteiger partial charge on any atom is -0.263 e. The molecule has 1 atom stereocenters. The number of sulfonamides is 1. The first-order chi connectivity index (χ1) is 11.5. The third kappa shape index (κ3) is 2.67. The molecule has 0 bridgehead atoms. The number of hydrogen-bond acceptors (Lipinski definition) is 3. The summed E-state index contributed by atoms with van der Waals surface area (Å²) in [6.07, 6.45) is 2.45. The number of aryl methyl sites for hydroxylation is 2. The average molecular weight is 340 g/mol. The minimum atomic E-state index is -3.72. The molecule has 0 saturated heterocycles. The zero-order valence-electron chi connectivity index (χ0n) is 13.9. The fourth-order valence-electron chi connectivity index (χ4n) is 3.32. The van der Waals surface area contributed by atoms with Crippen LogP contribution in [0.3, 0.4) is 0 Å². The molecule has 24 heavy (non-hydrogen) atoms. The molecule has 2 aromatic rings. The summed E-state index contributed by atoms with van der Waals surface area (Å²) in [4.78, 5) is 0.219. The van der Waals surface area contributed by atoms with Gasteiger partial charge in [0.05, 0.1) is 22.2 Å². The molecular formula is C19H20N2O2S. The van der Waals surface area contributed by atoms with Gasteiger partial charge in [0.2, 0.25) is 0 Å². The molecule has 0 radical (unpaired) electrons. The summed E-state index contributed by atoms with van der Waals surface area (Å²) in [5.41, 5.74) is 2.83. The lowest BCUT2D eigenvalue weighted by atomic mass is 9.97. The van der Waals surface area contributed by atoms with Gasteiger partial charge in [-0.1, -0.05) is 31.2 Å². The molecule has 124 valence electrons. The van der Waals surface area contributed by atoms with E-state index in [-0.39, 0.29) is 10.9 Å². The maximum atomic E-state index is 13.4. The van der Waals surface area contributed by atoms with Crippen molar-refractivity contribution in [2.24, 2.45) is 0 Å². The van der Waals surface area contributed by atoms with E-state index < -0.39 is 10.0 Å². The van der Waals surface area contributed by atoms with Crippen molar-refractivity contribution in [1.82, 2.24) is 0 Å². The van der Waals surface area contributed by atoms with E-state index in [1.807, 2.05) is 37.3 Å². The minimum absolute atomic E-state index is 0.0601. The zero-order valence-corrected chi connectivity index (χ0v) is 14.7. The third-order valence-electron chi connectivity index (χ3n) is 4.63. The summed E-state index contributed by atoms with van der Waals surface area (Å²) >= 11 is 0. The van der Waals surface area contributed by atoms with E-state index in [4.69, 9.17) is 5.26 Å². The Hall–Kier alpha value is -2.32. The first-order valence-corrected chi connectivity index (χ1v) is 9.56. The van der Waals surface area contributed by atoms with Gasteiger partial charge in [-0.25, -0.2) is 8.42 Å². The number of nitriles is 1. The third-order valence-corrected chi connectivity index (χ3v) is 6.64. The SMILES string of the molecule is CC[C@H]1CCc2ccccc2N1S(=O)(=O)c1cc(C#N)ccc1C. The summed E-state index contributed by atoms with van der Waals surface area (Å²) in [6.45, 7) is 3.78. The van der Waals surface area contributed by atoms with Gasteiger partial charge in [-0.15, -0.1) is 0 Å². The highest BCUT2D eigenvalue weighted by atomic mass is 32.2. The van der Waals surface area contributed by atoms with Crippen LogP contribution in [0.1, 0.15) is 36.5 Å². The normalized spacial score (nSPS) is 17.2. The van der Waals surface area contributed by atoms with Crippen molar-refractivity contribution in [1.29, 1.82) is 5.26 Å². The molecule has 0 aromatic heterocycles. The lowest BCUT2D eigenvalue weighted by Gasteiger charge is -2.37. The van der Waals surface area contributed by atoms with Crippen LogP contribution in [0.2, 0.25) is 0 Å². The molecule has 0 aliphatic carbocycles. The van der Waals surface area contributed by atoms with Crippen molar-refractivity contribution in [2.75, 3.05) is 4.31 Å². The standard InChI is InChI=1S/C19H20N2O2S/c1-3-17-11-10-16-6-4-5-7-18(16)21(17)24(22,23)19-12-15(13-20)9-8-14(19)2/h4-9,12,17H,3,10-11H2,1-2H3/t17-/m0/s1. The predicted molar refractivity (Wildman–Crippen MR) is 94.4 cm³/mol. The molecule has 2 aromatic carbocycles. The van der Waals surface area contributed by atoms with Crippen LogP contribution in [0.4, 0.5) is 5.69 Å². The second kappa shape index (κ2) is 6.29. The molecule has 0 spiro atoms. The molecule has 1 aliphatic rings. The molecule has 0 saturated carbocycles. The number of para-hydroxylation sites is 1. The van der Waals surface area contributed by atoms with Gasteiger partial charge in [-0.3, -0.25) is 4.31 Å². The van der Waals surface area contributed by atoms with Gasteiger partial charge < -0.3 is 0 Å². The van der Waals surface area contributed by atoms with Gasteiger partial charge in [0.1, 0.15) is 0 Å². The maximum Gasteiger partial charge on any atom is 0.264 e. The second-order valence-electron chi connectivity index (χ2n) is 6.12. The first kappa shape index (κ1) is 16.5. The molecule has 4 nitrogen and oxygen atoms in total. The van der Waals surface area contributed by atoms with E-state index >= 15 is 0 Å². The van der Waals surface area contributed by atoms with Gasteiger partial charge in [0, 0.05) is 6.04 Å². The van der Waals surface area contributed by atoms with E-state index in [2.05, 4.69) is 0 Å². The van der Waals surface area contributed by atoms with Crippen LogP contribution in [0.25, 0.3) is 0 Å². The molecule has 3 rings (SSSR count). The molecule has 0 amide bonds. The van der Waals surface area contributed by atoms with Crippen LogP contribution in [0.5, 0.6) is 0 Å². The summed E-state index contributed by atoms with van der Waals surface area (Å²) in [5.74, 6) is 0. The summed E-state index contributed by atoms with van der Waals surface area (Å²) < 4.78 is 28.4. The second-order valence-corrected chi connectivity index (χ2v) is 7.91. The smallest absolute Gasteiger partial charge is 0.263 e. The van der Waals surface area contributed by atoms with Gasteiger partial charge in [0.15, 0.2) is 0 Å². The predicted octanol–water partition coefficient (Wildman–Crippen LogP) is 3.79. The number of anilines is 1. The van der Waals surface area contributed by atoms with Crippen LogP contribution in [-0.2, 0) is 16.4 Å². The summed E-state index contributed by atoms with van der Waals surface area (Å²) in [7, 11) is -3.72. The van der Waals surface area contributed by atoms with Crippen molar-refractivity contribution in [3.63, 3.8) is 0 Å². The molecule has 1 heterocycles. The van der Waals surface area contributed by atoms with Crippen molar-refractivity contribution < 1.29 is 8.42 Å². The Morgan fingerprint density at radius 1 is 1.25 bits per heavy atom. The Morgan fingerprint density at radius 2 is 2.00 bits per heavy atom. The lowest BCUT2D eigenvalue weighted by molar-refractivity contribution is 0.537. The Morgan fingerprint density at radius 3 is 2.71 bits per heavy atom. The molecular weight excluding hydrogens is 320 g/mol. The zero-order chi connectivity index (χ0) is 17.3. The van der Waals surface area contributed by atoms with Gasteiger partial charge in [-0.2, -0.15) is 5.26 Å². The largest absolute Gasteiger partial charge is 0.264 e. The van der Waals surface area contributed by atoms with E-state index in [0.29, 0.717) is 11.1 Å². The maximum absolute atomic E-state index is 13.4. The van der Waals surface area contributed by atoms with E-state index in [1.54, 1.807) is 23.4 Å². The Labute approximate surface area is 143 Å². The number of rotatable bonds is 3. The topological polar surface area (TPSA) is 61.2 Å². The van der Waals surface area contributed by atoms with Gasteiger partial charge in [-0.05, 0) is 55.5 Å². The van der Waals surface area contributed by atoms with Crippen LogP contribution in [-0.4, -0.2) is 14.5 Å². The van der Waals surface area contributed by atoms with E-state index in [0.717, 1.165) is 30.5 Å². The van der Waals surface area contributed by atoms with E-state index in [9.17, 15) is 8.42 Å². The summed E-state index contributed by atoms with van der Waals surface area (Å²) in [5, 5.41) is 9.13. The Kier molecular flexibility index (Phi) is 4.33. The molecule has 0 fully saturated rings. The van der Waals surface area contributed by atoms with Gasteiger partial charge >= 0.3 is 0 Å².